The highest BCUT2D eigenvalue weighted by atomic mass is 16.5. The van der Waals surface area contributed by atoms with Crippen LogP contribution in [0.4, 0.5) is 0 Å². The van der Waals surface area contributed by atoms with Crippen LogP contribution in [0.25, 0.3) is 0 Å². The summed E-state index contributed by atoms with van der Waals surface area (Å²) < 4.78 is 5.85. The van der Waals surface area contributed by atoms with Crippen molar-refractivity contribution >= 4 is 5.91 Å². The summed E-state index contributed by atoms with van der Waals surface area (Å²) >= 11 is 0. The number of nitrogens with zero attached hydrogens (tertiary/aromatic N) is 2. The van der Waals surface area contributed by atoms with Crippen LogP contribution in [0, 0.1) is 0 Å². The van der Waals surface area contributed by atoms with Crippen LogP contribution in [0.1, 0.15) is 48.7 Å². The van der Waals surface area contributed by atoms with E-state index in [2.05, 4.69) is 22.1 Å². The summed E-state index contributed by atoms with van der Waals surface area (Å²) in [6, 6.07) is 10.2. The molecule has 0 saturated carbocycles. The number of hydrogen-bond acceptors (Lipinski definition) is 3. The lowest BCUT2D eigenvalue weighted by Gasteiger charge is -2.41. The van der Waals surface area contributed by atoms with Gasteiger partial charge in [0, 0.05) is 12.2 Å². The molecule has 1 saturated heterocycles. The second-order valence-corrected chi connectivity index (χ2v) is 6.77. The van der Waals surface area contributed by atoms with Crippen molar-refractivity contribution in [2.45, 2.75) is 44.2 Å². The van der Waals surface area contributed by atoms with Gasteiger partial charge in [0.05, 0.1) is 36.7 Å². The van der Waals surface area contributed by atoms with E-state index < -0.39 is 0 Å². The lowest BCUT2D eigenvalue weighted by molar-refractivity contribution is -0.146. The van der Waals surface area contributed by atoms with Gasteiger partial charge in [-0.3, -0.25) is 4.79 Å². The largest absolute Gasteiger partial charge is 0.374 e. The fourth-order valence-corrected chi connectivity index (χ4v) is 3.89. The first-order valence-corrected chi connectivity index (χ1v) is 8.73. The lowest BCUT2D eigenvalue weighted by atomic mass is 9.88. The number of ether oxygens (including phenoxy) is 1. The highest BCUT2D eigenvalue weighted by Gasteiger charge is 2.38. The number of benzene rings is 1. The molecule has 4 rings (SSSR count). The molecule has 24 heavy (non-hydrogen) atoms. The molecule has 0 unspecified atom stereocenters. The number of aryl methyl sites for hydroxylation is 1. The Morgan fingerprint density at radius 3 is 3.00 bits per heavy atom. The molecule has 1 N–H and O–H groups in total. The molecular weight excluding hydrogens is 302 g/mol. The third kappa shape index (κ3) is 2.73. The zero-order valence-electron chi connectivity index (χ0n) is 13.9. The molecule has 1 fully saturated rings. The van der Waals surface area contributed by atoms with Gasteiger partial charge in [0.15, 0.2) is 0 Å². The van der Waals surface area contributed by atoms with E-state index in [-0.39, 0.29) is 24.0 Å². The number of amides is 1. The molecule has 0 bridgehead atoms. The van der Waals surface area contributed by atoms with E-state index in [9.17, 15) is 4.79 Å². The average Bonchev–Trinajstić information content (AvgIpc) is 3.10. The number of morpholine rings is 1. The third-order valence-corrected chi connectivity index (χ3v) is 5.14. The number of carbonyl (C=O) groups excluding carboxylic acids is 1. The maximum absolute atomic E-state index is 13.4. The number of aromatic nitrogens is 2. The molecule has 1 aliphatic heterocycles. The second kappa shape index (κ2) is 6.40. The van der Waals surface area contributed by atoms with Crippen LogP contribution in [-0.2, 0) is 16.0 Å². The van der Waals surface area contributed by atoms with Gasteiger partial charge < -0.3 is 14.6 Å². The molecule has 0 radical (unpaired) electrons. The molecule has 2 aromatic rings. The Hall–Kier alpha value is -2.14. The monoisotopic (exact) mass is 325 g/mol. The first-order chi connectivity index (χ1) is 11.7. The lowest BCUT2D eigenvalue weighted by Crippen LogP contribution is -2.48. The Labute approximate surface area is 142 Å². The number of rotatable bonds is 2. The molecule has 5 nitrogen and oxygen atoms in total. The molecule has 0 spiro atoms. The fourth-order valence-electron chi connectivity index (χ4n) is 3.89. The first kappa shape index (κ1) is 15.4. The molecule has 5 heteroatoms. The van der Waals surface area contributed by atoms with Crippen molar-refractivity contribution in [3.8, 4) is 0 Å². The zero-order valence-corrected chi connectivity index (χ0v) is 13.9. The van der Waals surface area contributed by atoms with Crippen molar-refractivity contribution in [3.63, 3.8) is 0 Å². The van der Waals surface area contributed by atoms with E-state index in [1.54, 1.807) is 6.33 Å². The zero-order chi connectivity index (χ0) is 16.5. The van der Waals surface area contributed by atoms with E-state index in [4.69, 9.17) is 4.74 Å². The number of nitrogens with one attached hydrogen (secondary N) is 1. The van der Waals surface area contributed by atoms with E-state index in [0.29, 0.717) is 13.2 Å². The summed E-state index contributed by atoms with van der Waals surface area (Å²) in [6.45, 7) is 3.22. The minimum Gasteiger partial charge on any atom is -0.374 e. The maximum atomic E-state index is 13.4. The molecule has 2 heterocycles. The van der Waals surface area contributed by atoms with E-state index in [1.807, 2.05) is 30.0 Å². The van der Waals surface area contributed by atoms with Crippen LogP contribution in [-0.4, -0.2) is 40.0 Å². The number of fused-ring (bicyclic) bond motifs is 1. The molecular formula is C19H23N3O2. The van der Waals surface area contributed by atoms with Crippen LogP contribution in [0.3, 0.4) is 0 Å². The highest BCUT2D eigenvalue weighted by molar-refractivity contribution is 5.84. The highest BCUT2D eigenvalue weighted by Crippen LogP contribution is 2.35. The molecule has 1 amide bonds. The topological polar surface area (TPSA) is 58.2 Å². The van der Waals surface area contributed by atoms with Crippen molar-refractivity contribution < 1.29 is 9.53 Å². The normalized spacial score (nSPS) is 26.9. The number of carbonyl (C=O) groups is 1. The smallest absolute Gasteiger partial charge is 0.232 e. The standard InChI is InChI=1S/C19H23N3O2/c1-13-10-22(17(11-24-13)14-6-3-2-4-7-14)19(23)15-8-5-9-16-18(15)21-12-20-16/h2-4,6-7,12-13,15,17H,5,8-11H2,1H3,(H,20,21)/t13-,15+,17-/m1/s1. The van der Waals surface area contributed by atoms with Crippen molar-refractivity contribution in [1.29, 1.82) is 0 Å². The Morgan fingerprint density at radius 1 is 1.33 bits per heavy atom. The van der Waals surface area contributed by atoms with E-state index in [1.165, 1.54) is 0 Å². The minimum absolute atomic E-state index is 0.0146. The summed E-state index contributed by atoms with van der Waals surface area (Å²) in [4.78, 5) is 23.0. The van der Waals surface area contributed by atoms with Gasteiger partial charge >= 0.3 is 0 Å². The van der Waals surface area contributed by atoms with Crippen LogP contribution in [0.2, 0.25) is 0 Å². The first-order valence-electron chi connectivity index (χ1n) is 8.73. The minimum atomic E-state index is -0.128. The van der Waals surface area contributed by atoms with Crippen LogP contribution >= 0.6 is 0 Å². The van der Waals surface area contributed by atoms with Crippen LogP contribution in [0.5, 0.6) is 0 Å². The van der Waals surface area contributed by atoms with Gasteiger partial charge in [0.1, 0.15) is 0 Å². The van der Waals surface area contributed by atoms with E-state index in [0.717, 1.165) is 36.2 Å². The predicted molar refractivity (Wildman–Crippen MR) is 90.6 cm³/mol. The van der Waals surface area contributed by atoms with Crippen LogP contribution in [0.15, 0.2) is 36.7 Å². The Balaban J connectivity index is 1.64. The van der Waals surface area contributed by atoms with Gasteiger partial charge in [-0.15, -0.1) is 0 Å². The van der Waals surface area contributed by atoms with Gasteiger partial charge in [-0.2, -0.15) is 0 Å². The summed E-state index contributed by atoms with van der Waals surface area (Å²) in [5, 5.41) is 0. The average molecular weight is 325 g/mol. The maximum Gasteiger partial charge on any atom is 0.232 e. The quantitative estimate of drug-likeness (QED) is 0.924. The second-order valence-electron chi connectivity index (χ2n) is 6.77. The number of hydrogen-bond donors (Lipinski definition) is 1. The van der Waals surface area contributed by atoms with Gasteiger partial charge in [-0.1, -0.05) is 30.3 Å². The molecule has 1 aromatic heterocycles. The molecule has 2 aliphatic rings. The summed E-state index contributed by atoms with van der Waals surface area (Å²) in [6.07, 6.45) is 4.68. The van der Waals surface area contributed by atoms with Crippen molar-refractivity contribution in [3.05, 3.63) is 53.6 Å². The summed E-state index contributed by atoms with van der Waals surface area (Å²) in [7, 11) is 0. The molecule has 126 valence electrons. The SMILES string of the molecule is C[C@@H]1CN(C(=O)[C@H]2CCCc3[nH]cnc32)[C@@H](c2ccccc2)CO1. The van der Waals surface area contributed by atoms with Crippen molar-refractivity contribution in [1.82, 2.24) is 14.9 Å². The summed E-state index contributed by atoms with van der Waals surface area (Å²) in [5.41, 5.74) is 3.20. The van der Waals surface area contributed by atoms with E-state index >= 15 is 0 Å². The third-order valence-electron chi connectivity index (χ3n) is 5.14. The van der Waals surface area contributed by atoms with Gasteiger partial charge in [-0.25, -0.2) is 4.98 Å². The Kier molecular flexibility index (Phi) is 4.10. The molecule has 3 atom stereocenters. The van der Waals surface area contributed by atoms with Gasteiger partial charge in [0.2, 0.25) is 5.91 Å². The predicted octanol–water partition coefficient (Wildman–Crippen LogP) is 2.82. The summed E-state index contributed by atoms with van der Waals surface area (Å²) in [5.74, 6) is 0.0589. The Morgan fingerprint density at radius 2 is 2.17 bits per heavy atom. The van der Waals surface area contributed by atoms with Crippen molar-refractivity contribution in [2.24, 2.45) is 0 Å². The number of aromatic amines is 1. The molecule has 1 aliphatic carbocycles. The van der Waals surface area contributed by atoms with Crippen LogP contribution < -0.4 is 0 Å². The number of imidazole rings is 1. The number of H-pyrrole nitrogens is 1. The molecule has 1 aromatic carbocycles. The Bertz CT molecular complexity index is 712. The fraction of sp³-hybridized carbons (Fsp3) is 0.474. The van der Waals surface area contributed by atoms with Gasteiger partial charge in [0.25, 0.3) is 0 Å². The van der Waals surface area contributed by atoms with Gasteiger partial charge in [-0.05, 0) is 31.7 Å². The van der Waals surface area contributed by atoms with Crippen molar-refractivity contribution in [2.75, 3.05) is 13.2 Å².